The number of hydrogen-bond acceptors (Lipinski definition) is 3. The van der Waals surface area contributed by atoms with Crippen molar-refractivity contribution in [3.63, 3.8) is 0 Å². The first kappa shape index (κ1) is 14.1. The predicted octanol–water partition coefficient (Wildman–Crippen LogP) is 1.40. The van der Waals surface area contributed by atoms with E-state index in [-0.39, 0.29) is 17.9 Å². The molecular weight excluding hydrogens is 242 g/mol. The van der Waals surface area contributed by atoms with Crippen LogP contribution in [0.15, 0.2) is 6.20 Å². The summed E-state index contributed by atoms with van der Waals surface area (Å²) >= 11 is 0. The van der Waals surface area contributed by atoms with Crippen molar-refractivity contribution in [2.24, 2.45) is 12.5 Å². The van der Waals surface area contributed by atoms with Gasteiger partial charge in [0.1, 0.15) is 0 Å². The molecule has 0 aliphatic heterocycles. The summed E-state index contributed by atoms with van der Waals surface area (Å²) in [5, 5.41) is 16.7. The number of nitrogens with one attached hydrogen (secondary N) is 1. The van der Waals surface area contributed by atoms with Crippen molar-refractivity contribution in [3.05, 3.63) is 17.5 Å². The number of aliphatic hydroxyl groups excluding tert-OH is 1. The summed E-state index contributed by atoms with van der Waals surface area (Å²) in [4.78, 5) is 12.1. The van der Waals surface area contributed by atoms with Crippen LogP contribution in [0.1, 0.15) is 48.2 Å². The molecule has 2 N–H and O–H groups in total. The molecule has 1 aliphatic carbocycles. The Balaban J connectivity index is 1.97. The molecule has 2 rings (SSSR count). The first-order chi connectivity index (χ1) is 9.08. The molecule has 0 aromatic carbocycles. The second kappa shape index (κ2) is 5.74. The van der Waals surface area contributed by atoms with Gasteiger partial charge in [0.2, 0.25) is 0 Å². The Morgan fingerprint density at radius 1 is 1.47 bits per heavy atom. The smallest absolute Gasteiger partial charge is 0.254 e. The van der Waals surface area contributed by atoms with Crippen molar-refractivity contribution < 1.29 is 9.90 Å². The summed E-state index contributed by atoms with van der Waals surface area (Å²) in [5.41, 5.74) is 1.36. The number of carbonyl (C=O) groups excluding carboxylic acids is 1. The van der Waals surface area contributed by atoms with E-state index in [1.54, 1.807) is 10.9 Å². The van der Waals surface area contributed by atoms with Crippen LogP contribution in [0.5, 0.6) is 0 Å². The maximum absolute atomic E-state index is 12.1. The van der Waals surface area contributed by atoms with E-state index in [0.29, 0.717) is 12.1 Å². The molecule has 106 valence electrons. The number of aryl methyl sites for hydroxylation is 1. The average Bonchev–Trinajstić information content (AvgIpc) is 2.77. The van der Waals surface area contributed by atoms with Crippen LogP contribution in [0.4, 0.5) is 0 Å². The van der Waals surface area contributed by atoms with Gasteiger partial charge in [-0.05, 0) is 19.8 Å². The van der Waals surface area contributed by atoms with E-state index in [4.69, 9.17) is 0 Å². The zero-order valence-corrected chi connectivity index (χ0v) is 11.8. The third-order valence-electron chi connectivity index (χ3n) is 4.35. The predicted molar refractivity (Wildman–Crippen MR) is 72.9 cm³/mol. The molecule has 1 aromatic heterocycles. The molecule has 19 heavy (non-hydrogen) atoms. The van der Waals surface area contributed by atoms with Gasteiger partial charge in [-0.1, -0.05) is 19.3 Å². The van der Waals surface area contributed by atoms with Gasteiger partial charge in [-0.25, -0.2) is 0 Å². The fourth-order valence-corrected chi connectivity index (χ4v) is 2.78. The minimum absolute atomic E-state index is 0.0935. The highest BCUT2D eigenvalue weighted by atomic mass is 16.3. The molecule has 1 aromatic rings. The van der Waals surface area contributed by atoms with Gasteiger partial charge in [0.25, 0.3) is 5.91 Å². The first-order valence-electron chi connectivity index (χ1n) is 6.96. The molecule has 0 radical (unpaired) electrons. The van der Waals surface area contributed by atoms with Crippen LogP contribution in [0.25, 0.3) is 0 Å². The number of aliphatic hydroxyl groups is 1. The fourth-order valence-electron chi connectivity index (χ4n) is 2.78. The standard InChI is InChI=1S/C14H23N3O2/c1-11-12(8-16-17(11)2)13(19)15-9-14(10-18)6-4-3-5-7-14/h8,18H,3-7,9-10H2,1-2H3,(H,15,19). The first-order valence-corrected chi connectivity index (χ1v) is 6.96. The number of hydrogen-bond donors (Lipinski definition) is 2. The van der Waals surface area contributed by atoms with E-state index in [0.717, 1.165) is 31.4 Å². The lowest BCUT2D eigenvalue weighted by atomic mass is 9.74. The van der Waals surface area contributed by atoms with E-state index in [1.165, 1.54) is 6.42 Å². The Kier molecular flexibility index (Phi) is 4.24. The maximum atomic E-state index is 12.1. The normalized spacial score (nSPS) is 18.3. The number of amides is 1. The van der Waals surface area contributed by atoms with Crippen LogP contribution in [-0.4, -0.2) is 33.9 Å². The average molecular weight is 265 g/mol. The summed E-state index contributed by atoms with van der Waals surface area (Å²) in [6.07, 6.45) is 7.10. The molecule has 0 unspecified atom stereocenters. The lowest BCUT2D eigenvalue weighted by Crippen LogP contribution is -2.41. The van der Waals surface area contributed by atoms with Crippen LogP contribution >= 0.6 is 0 Å². The zero-order chi connectivity index (χ0) is 13.9. The lowest BCUT2D eigenvalue weighted by Gasteiger charge is -2.35. The van der Waals surface area contributed by atoms with Crippen molar-refractivity contribution >= 4 is 5.91 Å². The van der Waals surface area contributed by atoms with E-state index in [1.807, 2.05) is 14.0 Å². The molecule has 1 aliphatic rings. The van der Waals surface area contributed by atoms with E-state index >= 15 is 0 Å². The Morgan fingerprint density at radius 3 is 2.68 bits per heavy atom. The summed E-state index contributed by atoms with van der Waals surface area (Å²) in [7, 11) is 1.82. The Labute approximate surface area is 114 Å². The summed E-state index contributed by atoms with van der Waals surface area (Å²) in [6, 6.07) is 0. The Morgan fingerprint density at radius 2 is 2.16 bits per heavy atom. The van der Waals surface area contributed by atoms with Gasteiger partial charge < -0.3 is 10.4 Å². The molecule has 1 saturated carbocycles. The minimum Gasteiger partial charge on any atom is -0.396 e. The quantitative estimate of drug-likeness (QED) is 0.864. The molecule has 5 nitrogen and oxygen atoms in total. The molecule has 0 atom stereocenters. The topological polar surface area (TPSA) is 67.2 Å². The number of nitrogens with zero attached hydrogens (tertiary/aromatic N) is 2. The van der Waals surface area contributed by atoms with Crippen LogP contribution < -0.4 is 5.32 Å². The van der Waals surface area contributed by atoms with Crippen LogP contribution in [0.2, 0.25) is 0 Å². The summed E-state index contributed by atoms with van der Waals surface area (Å²) in [6.45, 7) is 2.58. The molecule has 1 heterocycles. The van der Waals surface area contributed by atoms with Crippen LogP contribution in [0, 0.1) is 12.3 Å². The molecule has 0 saturated heterocycles. The number of carbonyl (C=O) groups is 1. The molecule has 5 heteroatoms. The Bertz CT molecular complexity index is 448. The number of aromatic nitrogens is 2. The van der Waals surface area contributed by atoms with Crippen LogP contribution in [0.3, 0.4) is 0 Å². The monoisotopic (exact) mass is 265 g/mol. The maximum Gasteiger partial charge on any atom is 0.254 e. The SMILES string of the molecule is Cc1c(C(=O)NCC2(CO)CCCCC2)cnn1C. The van der Waals surface area contributed by atoms with E-state index < -0.39 is 0 Å². The van der Waals surface area contributed by atoms with Crippen molar-refractivity contribution in [1.82, 2.24) is 15.1 Å². The van der Waals surface area contributed by atoms with Gasteiger partial charge in [-0.3, -0.25) is 9.48 Å². The summed E-state index contributed by atoms with van der Waals surface area (Å²) < 4.78 is 1.69. The minimum atomic E-state index is -0.121. The fraction of sp³-hybridized carbons (Fsp3) is 0.714. The van der Waals surface area contributed by atoms with Gasteiger partial charge in [-0.15, -0.1) is 0 Å². The van der Waals surface area contributed by atoms with Gasteiger partial charge in [-0.2, -0.15) is 5.10 Å². The second-order valence-corrected chi connectivity index (χ2v) is 5.67. The molecule has 0 bridgehead atoms. The lowest BCUT2D eigenvalue weighted by molar-refractivity contribution is 0.0717. The largest absolute Gasteiger partial charge is 0.396 e. The summed E-state index contributed by atoms with van der Waals surface area (Å²) in [5.74, 6) is -0.0935. The molecule has 1 amide bonds. The van der Waals surface area contributed by atoms with Crippen molar-refractivity contribution in [3.8, 4) is 0 Å². The molecule has 0 spiro atoms. The third kappa shape index (κ3) is 2.97. The zero-order valence-electron chi connectivity index (χ0n) is 11.8. The van der Waals surface area contributed by atoms with E-state index in [2.05, 4.69) is 10.4 Å². The van der Waals surface area contributed by atoms with Gasteiger partial charge >= 0.3 is 0 Å². The van der Waals surface area contributed by atoms with Crippen LogP contribution in [-0.2, 0) is 7.05 Å². The third-order valence-corrected chi connectivity index (χ3v) is 4.35. The highest BCUT2D eigenvalue weighted by molar-refractivity contribution is 5.95. The molecular formula is C14H23N3O2. The molecule has 1 fully saturated rings. The van der Waals surface area contributed by atoms with Gasteiger partial charge in [0.05, 0.1) is 18.4 Å². The second-order valence-electron chi connectivity index (χ2n) is 5.67. The highest BCUT2D eigenvalue weighted by Crippen LogP contribution is 2.35. The van der Waals surface area contributed by atoms with Crippen molar-refractivity contribution in [1.29, 1.82) is 0 Å². The Hall–Kier alpha value is -1.36. The van der Waals surface area contributed by atoms with Crippen molar-refractivity contribution in [2.75, 3.05) is 13.2 Å². The van der Waals surface area contributed by atoms with Gasteiger partial charge in [0, 0.05) is 24.7 Å². The highest BCUT2D eigenvalue weighted by Gasteiger charge is 2.32. The number of rotatable bonds is 4. The van der Waals surface area contributed by atoms with E-state index in [9.17, 15) is 9.90 Å². The van der Waals surface area contributed by atoms with Gasteiger partial charge in [0.15, 0.2) is 0 Å². The van der Waals surface area contributed by atoms with Crippen molar-refractivity contribution in [2.45, 2.75) is 39.0 Å².